The van der Waals surface area contributed by atoms with E-state index in [1.165, 1.54) is 18.2 Å². The van der Waals surface area contributed by atoms with E-state index < -0.39 is 18.0 Å². The Kier molecular flexibility index (Phi) is 4.85. The average Bonchev–Trinajstić information content (AvgIpc) is 2.37. The van der Waals surface area contributed by atoms with Crippen molar-refractivity contribution < 1.29 is 24.6 Å². The zero-order valence-electron chi connectivity index (χ0n) is 10.7. The normalized spacial score (nSPS) is 11.2. The Labute approximate surface area is 114 Å². The quantitative estimate of drug-likeness (QED) is 0.613. The summed E-state index contributed by atoms with van der Waals surface area (Å²) in [5, 5.41) is 22.7. The molecule has 1 aromatic rings. The Morgan fingerprint density at radius 3 is 2.05 bits per heavy atom. The van der Waals surface area contributed by atoms with E-state index in [0.717, 1.165) is 6.07 Å². The summed E-state index contributed by atoms with van der Waals surface area (Å²) < 4.78 is 0. The third-order valence-electron chi connectivity index (χ3n) is 2.40. The van der Waals surface area contributed by atoms with Crippen molar-refractivity contribution in [3.63, 3.8) is 0 Å². The van der Waals surface area contributed by atoms with Crippen LogP contribution in [-0.4, -0.2) is 34.2 Å². The van der Waals surface area contributed by atoms with Crippen LogP contribution in [0.4, 0.5) is 10.5 Å². The van der Waals surface area contributed by atoms with Gasteiger partial charge in [-0.05, 0) is 25.1 Å². The average molecular weight is 278 g/mol. The van der Waals surface area contributed by atoms with E-state index >= 15 is 0 Å². The highest BCUT2D eigenvalue weighted by Gasteiger charge is 2.13. The number of carbonyl (C=O) groups excluding carboxylic acids is 1. The SMILES string of the molecule is C=CC(C)NC(=O)Nc1cc(C(=O)O)cc(C(=O)O)c1. The number of amides is 2. The molecule has 7 nitrogen and oxygen atoms in total. The molecular weight excluding hydrogens is 264 g/mol. The summed E-state index contributed by atoms with van der Waals surface area (Å²) in [6, 6.07) is 2.49. The lowest BCUT2D eigenvalue weighted by molar-refractivity contribution is 0.0696. The van der Waals surface area contributed by atoms with Crippen molar-refractivity contribution in [1.29, 1.82) is 0 Å². The second-order valence-electron chi connectivity index (χ2n) is 4.03. The Hall–Kier alpha value is -2.83. The fourth-order valence-corrected chi connectivity index (χ4v) is 1.38. The van der Waals surface area contributed by atoms with Crippen molar-refractivity contribution >= 4 is 23.7 Å². The maximum Gasteiger partial charge on any atom is 0.335 e. The van der Waals surface area contributed by atoms with Crippen LogP contribution >= 0.6 is 0 Å². The zero-order chi connectivity index (χ0) is 15.3. The van der Waals surface area contributed by atoms with Gasteiger partial charge in [0.2, 0.25) is 0 Å². The lowest BCUT2D eigenvalue weighted by Crippen LogP contribution is -2.34. The van der Waals surface area contributed by atoms with Crippen molar-refractivity contribution in [2.75, 3.05) is 5.32 Å². The minimum atomic E-state index is -1.28. The first-order chi connectivity index (χ1) is 9.33. The first kappa shape index (κ1) is 15.2. The predicted molar refractivity (Wildman–Crippen MR) is 72.2 cm³/mol. The van der Waals surface area contributed by atoms with Crippen LogP contribution < -0.4 is 10.6 Å². The zero-order valence-corrected chi connectivity index (χ0v) is 10.7. The number of aromatic carboxylic acids is 2. The van der Waals surface area contributed by atoms with Gasteiger partial charge in [0.05, 0.1) is 11.1 Å². The van der Waals surface area contributed by atoms with Gasteiger partial charge in [0.15, 0.2) is 0 Å². The number of carbonyl (C=O) groups is 3. The number of nitrogens with one attached hydrogen (secondary N) is 2. The molecular formula is C13H14N2O5. The molecule has 20 heavy (non-hydrogen) atoms. The molecule has 0 fully saturated rings. The van der Waals surface area contributed by atoms with Gasteiger partial charge in [0, 0.05) is 11.7 Å². The lowest BCUT2D eigenvalue weighted by Gasteiger charge is -2.11. The van der Waals surface area contributed by atoms with Gasteiger partial charge in [-0.2, -0.15) is 0 Å². The number of carboxylic acids is 2. The summed E-state index contributed by atoms with van der Waals surface area (Å²) in [5.41, 5.74) is -0.370. The molecule has 0 aromatic heterocycles. The van der Waals surface area contributed by atoms with Crippen LogP contribution in [0.1, 0.15) is 27.6 Å². The molecule has 0 saturated carbocycles. The third-order valence-corrected chi connectivity index (χ3v) is 2.40. The van der Waals surface area contributed by atoms with E-state index in [0.29, 0.717) is 0 Å². The van der Waals surface area contributed by atoms with Gasteiger partial charge in [-0.3, -0.25) is 0 Å². The molecule has 0 aliphatic carbocycles. The van der Waals surface area contributed by atoms with Crippen molar-refractivity contribution in [2.24, 2.45) is 0 Å². The number of rotatable bonds is 5. The molecule has 1 unspecified atom stereocenters. The molecule has 0 aliphatic heterocycles. The van der Waals surface area contributed by atoms with Gasteiger partial charge >= 0.3 is 18.0 Å². The largest absolute Gasteiger partial charge is 0.478 e. The highest BCUT2D eigenvalue weighted by Crippen LogP contribution is 2.15. The molecule has 4 N–H and O–H groups in total. The van der Waals surface area contributed by atoms with Gasteiger partial charge < -0.3 is 20.8 Å². The number of urea groups is 1. The molecule has 0 aliphatic rings. The fourth-order valence-electron chi connectivity index (χ4n) is 1.38. The van der Waals surface area contributed by atoms with Gasteiger partial charge in [-0.15, -0.1) is 6.58 Å². The Morgan fingerprint density at radius 2 is 1.65 bits per heavy atom. The van der Waals surface area contributed by atoms with E-state index in [1.807, 2.05) is 0 Å². The summed E-state index contributed by atoms with van der Waals surface area (Å²) >= 11 is 0. The van der Waals surface area contributed by atoms with E-state index in [9.17, 15) is 14.4 Å². The highest BCUT2D eigenvalue weighted by molar-refractivity contribution is 5.98. The number of carboxylic acid groups (broad SMARTS) is 2. The van der Waals surface area contributed by atoms with E-state index in [-0.39, 0.29) is 22.9 Å². The van der Waals surface area contributed by atoms with Crippen LogP contribution in [0.2, 0.25) is 0 Å². The lowest BCUT2D eigenvalue weighted by atomic mass is 10.1. The third kappa shape index (κ3) is 4.13. The summed E-state index contributed by atoms with van der Waals surface area (Å²) in [5.74, 6) is -2.56. The molecule has 2 amide bonds. The van der Waals surface area contributed by atoms with Gasteiger partial charge in [-0.1, -0.05) is 6.08 Å². The van der Waals surface area contributed by atoms with Gasteiger partial charge in [-0.25, -0.2) is 14.4 Å². The van der Waals surface area contributed by atoms with Crippen LogP contribution in [0.25, 0.3) is 0 Å². The van der Waals surface area contributed by atoms with Crippen molar-refractivity contribution in [3.05, 3.63) is 42.0 Å². The van der Waals surface area contributed by atoms with Crippen LogP contribution in [0.15, 0.2) is 30.9 Å². The minimum Gasteiger partial charge on any atom is -0.478 e. The number of benzene rings is 1. The Balaban J connectivity index is 2.99. The van der Waals surface area contributed by atoms with Gasteiger partial charge in [0.1, 0.15) is 0 Å². The van der Waals surface area contributed by atoms with Crippen LogP contribution in [0.3, 0.4) is 0 Å². The molecule has 0 spiro atoms. The number of anilines is 1. The summed E-state index contributed by atoms with van der Waals surface area (Å²) in [6.07, 6.45) is 1.51. The molecule has 1 aromatic carbocycles. The number of hydrogen-bond acceptors (Lipinski definition) is 3. The molecule has 0 saturated heterocycles. The molecule has 106 valence electrons. The fraction of sp³-hybridized carbons (Fsp3) is 0.154. The number of hydrogen-bond donors (Lipinski definition) is 4. The minimum absolute atomic E-state index is 0.0797. The summed E-state index contributed by atoms with van der Waals surface area (Å²) in [7, 11) is 0. The van der Waals surface area contributed by atoms with Crippen molar-refractivity contribution in [1.82, 2.24) is 5.32 Å². The molecule has 0 bridgehead atoms. The van der Waals surface area contributed by atoms with Gasteiger partial charge in [0.25, 0.3) is 0 Å². The highest BCUT2D eigenvalue weighted by atomic mass is 16.4. The summed E-state index contributed by atoms with van der Waals surface area (Å²) in [4.78, 5) is 33.4. The smallest absolute Gasteiger partial charge is 0.335 e. The molecule has 7 heteroatoms. The maximum atomic E-state index is 11.6. The predicted octanol–water partition coefficient (Wildman–Crippen LogP) is 1.78. The Morgan fingerprint density at radius 1 is 1.15 bits per heavy atom. The first-order valence-corrected chi connectivity index (χ1v) is 5.65. The van der Waals surface area contributed by atoms with E-state index in [1.54, 1.807) is 6.92 Å². The first-order valence-electron chi connectivity index (χ1n) is 5.65. The van der Waals surface area contributed by atoms with Crippen LogP contribution in [0, 0.1) is 0 Å². The second kappa shape index (κ2) is 6.37. The standard InChI is InChI=1S/C13H14N2O5/c1-3-7(2)14-13(20)15-10-5-8(11(16)17)4-9(6-10)12(18)19/h3-7H,1H2,2H3,(H,16,17)(H,18,19)(H2,14,15,20). The monoisotopic (exact) mass is 278 g/mol. The van der Waals surface area contributed by atoms with E-state index in [2.05, 4.69) is 17.2 Å². The second-order valence-corrected chi connectivity index (χ2v) is 4.03. The van der Waals surface area contributed by atoms with Crippen molar-refractivity contribution in [3.8, 4) is 0 Å². The van der Waals surface area contributed by atoms with Crippen LogP contribution in [0.5, 0.6) is 0 Å². The summed E-state index contributed by atoms with van der Waals surface area (Å²) in [6.45, 7) is 5.19. The topological polar surface area (TPSA) is 116 Å². The van der Waals surface area contributed by atoms with E-state index in [4.69, 9.17) is 10.2 Å². The molecule has 1 rings (SSSR count). The maximum absolute atomic E-state index is 11.6. The van der Waals surface area contributed by atoms with Crippen molar-refractivity contribution in [2.45, 2.75) is 13.0 Å². The molecule has 1 atom stereocenters. The Bertz CT molecular complexity index is 536. The molecule has 0 heterocycles. The van der Waals surface area contributed by atoms with Crippen LogP contribution in [-0.2, 0) is 0 Å². The molecule has 0 radical (unpaired) electrons.